The highest BCUT2D eigenvalue weighted by molar-refractivity contribution is 5.89. The molecule has 0 radical (unpaired) electrons. The maximum atomic E-state index is 12.6. The third-order valence-electron chi connectivity index (χ3n) is 5.53. The van der Waals surface area contributed by atoms with Crippen LogP contribution in [0.25, 0.3) is 11.4 Å². The zero-order valence-electron chi connectivity index (χ0n) is 17.4. The molecule has 7 heteroatoms. The Hall–Kier alpha value is -3.87. The van der Waals surface area contributed by atoms with E-state index in [2.05, 4.69) is 17.1 Å². The lowest BCUT2D eigenvalue weighted by atomic mass is 10.0. The molecular weight excluding hydrogens is 392 g/mol. The van der Waals surface area contributed by atoms with Crippen molar-refractivity contribution in [2.75, 3.05) is 13.7 Å². The van der Waals surface area contributed by atoms with Crippen LogP contribution in [0.4, 0.5) is 0 Å². The molecule has 0 N–H and O–H groups in total. The molecule has 0 saturated carbocycles. The standard InChI is InChI=1S/C24H22N4O3/c1-3-31-24(29)23-22-13-20-17(11-16-7-5-4-6-8-16)14-26-28(20)21-12-18(30-2)9-10-19(21)27(22)15-25-23/h4-10,12,14-15H,3,11,13H2,1-2H3. The van der Waals surface area contributed by atoms with Gasteiger partial charge in [-0.3, -0.25) is 4.57 Å². The van der Waals surface area contributed by atoms with Gasteiger partial charge < -0.3 is 9.47 Å². The number of aromatic nitrogens is 4. The summed E-state index contributed by atoms with van der Waals surface area (Å²) in [4.78, 5) is 17.0. The fraction of sp³-hybridized carbons (Fsp3) is 0.208. The maximum Gasteiger partial charge on any atom is 0.358 e. The first-order chi connectivity index (χ1) is 15.2. The summed E-state index contributed by atoms with van der Waals surface area (Å²) in [7, 11) is 1.64. The van der Waals surface area contributed by atoms with Crippen LogP contribution in [0.3, 0.4) is 0 Å². The van der Waals surface area contributed by atoms with Crippen molar-refractivity contribution >= 4 is 5.97 Å². The molecule has 4 aromatic rings. The van der Waals surface area contributed by atoms with Crippen molar-refractivity contribution < 1.29 is 14.3 Å². The number of nitrogens with zero attached hydrogens (tertiary/aromatic N) is 4. The first-order valence-corrected chi connectivity index (χ1v) is 10.2. The Balaban J connectivity index is 1.70. The van der Waals surface area contributed by atoms with Crippen LogP contribution in [0.1, 0.15) is 39.9 Å². The van der Waals surface area contributed by atoms with Crippen molar-refractivity contribution in [1.29, 1.82) is 0 Å². The normalized spacial score (nSPS) is 11.8. The average Bonchev–Trinajstić information content (AvgIpc) is 3.36. The molecule has 0 aliphatic carbocycles. The Labute approximate surface area is 179 Å². The van der Waals surface area contributed by atoms with Gasteiger partial charge in [-0.25, -0.2) is 14.5 Å². The van der Waals surface area contributed by atoms with Crippen molar-refractivity contribution in [3.63, 3.8) is 0 Å². The van der Waals surface area contributed by atoms with E-state index in [-0.39, 0.29) is 0 Å². The topological polar surface area (TPSA) is 71.2 Å². The minimum Gasteiger partial charge on any atom is -0.497 e. The van der Waals surface area contributed by atoms with Gasteiger partial charge in [0.25, 0.3) is 0 Å². The smallest absolute Gasteiger partial charge is 0.358 e. The number of esters is 1. The second-order valence-corrected chi connectivity index (χ2v) is 7.35. The Morgan fingerprint density at radius 1 is 1.10 bits per heavy atom. The number of ether oxygens (including phenoxy) is 2. The third-order valence-corrected chi connectivity index (χ3v) is 5.53. The number of hydrogen-bond acceptors (Lipinski definition) is 5. The lowest BCUT2D eigenvalue weighted by Crippen LogP contribution is -2.11. The van der Waals surface area contributed by atoms with Crippen LogP contribution < -0.4 is 4.74 Å². The second kappa shape index (κ2) is 7.75. The Morgan fingerprint density at radius 2 is 1.94 bits per heavy atom. The van der Waals surface area contributed by atoms with Crippen LogP contribution in [0, 0.1) is 0 Å². The van der Waals surface area contributed by atoms with Crippen LogP contribution >= 0.6 is 0 Å². The van der Waals surface area contributed by atoms with Crippen molar-refractivity contribution in [3.8, 4) is 17.1 Å². The molecule has 0 saturated heterocycles. The molecule has 3 heterocycles. The largest absolute Gasteiger partial charge is 0.497 e. The van der Waals surface area contributed by atoms with Gasteiger partial charge >= 0.3 is 5.97 Å². The molecule has 0 atom stereocenters. The summed E-state index contributed by atoms with van der Waals surface area (Å²) in [5, 5.41) is 4.71. The van der Waals surface area contributed by atoms with E-state index in [0.717, 1.165) is 40.5 Å². The lowest BCUT2D eigenvalue weighted by Gasteiger charge is -2.12. The molecule has 7 nitrogen and oxygen atoms in total. The average molecular weight is 414 g/mol. The van der Waals surface area contributed by atoms with E-state index in [9.17, 15) is 4.79 Å². The number of methoxy groups -OCH3 is 1. The highest BCUT2D eigenvalue weighted by Crippen LogP contribution is 2.33. The molecule has 1 aliphatic rings. The van der Waals surface area contributed by atoms with E-state index < -0.39 is 5.97 Å². The molecule has 2 aromatic carbocycles. The van der Waals surface area contributed by atoms with Crippen LogP contribution in [0.15, 0.2) is 61.1 Å². The van der Waals surface area contributed by atoms with Gasteiger partial charge in [0.05, 0.1) is 42.7 Å². The lowest BCUT2D eigenvalue weighted by molar-refractivity contribution is 0.0519. The minimum atomic E-state index is -0.413. The summed E-state index contributed by atoms with van der Waals surface area (Å²) < 4.78 is 14.6. The number of carbonyl (C=O) groups excluding carboxylic acids is 1. The maximum absolute atomic E-state index is 12.6. The van der Waals surface area contributed by atoms with Gasteiger partial charge in [0.2, 0.25) is 0 Å². The number of benzene rings is 2. The summed E-state index contributed by atoms with van der Waals surface area (Å²) in [5.74, 6) is 0.322. The Morgan fingerprint density at radius 3 is 2.71 bits per heavy atom. The summed E-state index contributed by atoms with van der Waals surface area (Å²) >= 11 is 0. The zero-order chi connectivity index (χ0) is 21.4. The van der Waals surface area contributed by atoms with Gasteiger partial charge in [0, 0.05) is 18.9 Å². The van der Waals surface area contributed by atoms with Gasteiger partial charge in [-0.15, -0.1) is 0 Å². The summed E-state index contributed by atoms with van der Waals surface area (Å²) in [6, 6.07) is 16.1. The van der Waals surface area contributed by atoms with Crippen molar-refractivity contribution in [1.82, 2.24) is 19.3 Å². The number of carbonyl (C=O) groups is 1. The van der Waals surface area contributed by atoms with Gasteiger partial charge in [0.15, 0.2) is 5.69 Å². The predicted octanol–water partition coefficient (Wildman–Crippen LogP) is 3.74. The van der Waals surface area contributed by atoms with Crippen molar-refractivity contribution in [2.45, 2.75) is 19.8 Å². The Kier molecular flexibility index (Phi) is 4.78. The Bertz CT molecular complexity index is 1260. The van der Waals surface area contributed by atoms with E-state index in [1.54, 1.807) is 20.4 Å². The van der Waals surface area contributed by atoms with Crippen LogP contribution in [0.2, 0.25) is 0 Å². The zero-order valence-corrected chi connectivity index (χ0v) is 17.4. The van der Waals surface area contributed by atoms with E-state index >= 15 is 0 Å². The molecule has 156 valence electrons. The second-order valence-electron chi connectivity index (χ2n) is 7.35. The van der Waals surface area contributed by atoms with Gasteiger partial charge in [-0.2, -0.15) is 5.10 Å². The fourth-order valence-corrected chi connectivity index (χ4v) is 4.05. The minimum absolute atomic E-state index is 0.302. The molecule has 31 heavy (non-hydrogen) atoms. The molecule has 0 amide bonds. The van der Waals surface area contributed by atoms with Gasteiger partial charge in [-0.1, -0.05) is 30.3 Å². The molecule has 0 spiro atoms. The number of rotatable bonds is 5. The molecule has 5 rings (SSSR count). The third kappa shape index (κ3) is 3.28. The van der Waals surface area contributed by atoms with E-state index in [1.165, 1.54) is 5.56 Å². The summed E-state index contributed by atoms with van der Waals surface area (Å²) in [6.07, 6.45) is 4.84. The van der Waals surface area contributed by atoms with Crippen LogP contribution in [0.5, 0.6) is 5.75 Å². The number of imidazole rings is 1. The molecule has 0 unspecified atom stereocenters. The van der Waals surface area contributed by atoms with E-state index in [0.29, 0.717) is 18.7 Å². The SMILES string of the molecule is CCOC(=O)c1ncn2c1Cc1c(Cc3ccccc3)cnn1-c1cc(OC)ccc1-2. The van der Waals surface area contributed by atoms with Crippen LogP contribution in [-0.2, 0) is 17.6 Å². The molecular formula is C24H22N4O3. The highest BCUT2D eigenvalue weighted by atomic mass is 16.5. The molecule has 0 bridgehead atoms. The fourth-order valence-electron chi connectivity index (χ4n) is 4.05. The predicted molar refractivity (Wildman–Crippen MR) is 115 cm³/mol. The highest BCUT2D eigenvalue weighted by Gasteiger charge is 2.28. The van der Waals surface area contributed by atoms with E-state index in [4.69, 9.17) is 14.6 Å². The monoisotopic (exact) mass is 414 g/mol. The quantitative estimate of drug-likeness (QED) is 0.410. The van der Waals surface area contributed by atoms with Gasteiger partial charge in [-0.05, 0) is 30.2 Å². The first-order valence-electron chi connectivity index (χ1n) is 10.2. The summed E-state index contributed by atoms with van der Waals surface area (Å²) in [5.41, 5.74) is 6.20. The molecule has 1 aliphatic heterocycles. The number of fused-ring (bicyclic) bond motifs is 5. The van der Waals surface area contributed by atoms with Crippen molar-refractivity contribution in [3.05, 3.63) is 89.3 Å². The molecule has 0 fully saturated rings. The first kappa shape index (κ1) is 19.1. The van der Waals surface area contributed by atoms with E-state index in [1.807, 2.05) is 51.8 Å². The summed E-state index contributed by atoms with van der Waals surface area (Å²) in [6.45, 7) is 2.09. The van der Waals surface area contributed by atoms with Crippen molar-refractivity contribution in [2.24, 2.45) is 0 Å². The number of hydrogen-bond donors (Lipinski definition) is 0. The van der Waals surface area contributed by atoms with Gasteiger partial charge in [0.1, 0.15) is 12.1 Å². The van der Waals surface area contributed by atoms with Crippen LogP contribution in [-0.4, -0.2) is 39.0 Å². The molecule has 2 aromatic heterocycles.